The number of likely N-dealkylation sites (tertiary alicyclic amines) is 1. The Morgan fingerprint density at radius 3 is 2.68 bits per heavy atom. The first-order valence-electron chi connectivity index (χ1n) is 10.7. The molecule has 7 heteroatoms. The lowest BCUT2D eigenvalue weighted by atomic mass is 9.86. The van der Waals surface area contributed by atoms with Gasteiger partial charge in [0.25, 0.3) is 0 Å². The first-order chi connectivity index (χ1) is 13.4. The second-order valence-corrected chi connectivity index (χ2v) is 9.50. The Morgan fingerprint density at radius 1 is 1.14 bits per heavy atom. The van der Waals surface area contributed by atoms with E-state index in [0.29, 0.717) is 45.3 Å². The highest BCUT2D eigenvalue weighted by atomic mass is 16.2. The maximum Gasteiger partial charge on any atom is 0.240 e. The summed E-state index contributed by atoms with van der Waals surface area (Å²) >= 11 is 0. The number of nitrogens with one attached hydrogen (secondary N) is 3. The first-order valence-corrected chi connectivity index (χ1v) is 10.7. The van der Waals surface area contributed by atoms with Crippen LogP contribution in [-0.2, 0) is 28.9 Å². The van der Waals surface area contributed by atoms with Gasteiger partial charge < -0.3 is 15.5 Å². The molecule has 3 aliphatic rings. The van der Waals surface area contributed by atoms with Gasteiger partial charge in [-0.3, -0.25) is 14.7 Å². The third kappa shape index (κ3) is 3.81. The largest absolute Gasteiger partial charge is 0.354 e. The standard InChI is InChI=1S/C21H33N5O2/c1-20(2)13-22-19(28)21(23-14-20)9-11-26(12-10-21)18(27)8-7-17-15-5-3-4-6-16(15)24-25-17/h23H,3-14H2,1-2H3,(H,22,28)(H,24,25). The van der Waals surface area contributed by atoms with E-state index in [1.165, 1.54) is 24.1 Å². The Morgan fingerprint density at radius 2 is 1.89 bits per heavy atom. The van der Waals surface area contributed by atoms with Gasteiger partial charge in [0.2, 0.25) is 11.8 Å². The van der Waals surface area contributed by atoms with E-state index in [0.717, 1.165) is 25.1 Å². The van der Waals surface area contributed by atoms with Crippen LogP contribution in [0, 0.1) is 5.41 Å². The zero-order valence-corrected chi connectivity index (χ0v) is 17.2. The fourth-order valence-corrected chi connectivity index (χ4v) is 4.72. The van der Waals surface area contributed by atoms with E-state index in [4.69, 9.17) is 0 Å². The van der Waals surface area contributed by atoms with Crippen molar-refractivity contribution < 1.29 is 9.59 Å². The molecule has 1 aromatic heterocycles. The number of rotatable bonds is 3. The fourth-order valence-electron chi connectivity index (χ4n) is 4.72. The third-order valence-electron chi connectivity index (χ3n) is 6.75. The molecule has 7 nitrogen and oxygen atoms in total. The molecule has 0 unspecified atom stereocenters. The molecule has 2 amide bonds. The Balaban J connectivity index is 1.32. The van der Waals surface area contributed by atoms with Crippen LogP contribution in [-0.4, -0.2) is 58.6 Å². The topological polar surface area (TPSA) is 90.1 Å². The Hall–Kier alpha value is -1.89. The molecule has 2 saturated heterocycles. The summed E-state index contributed by atoms with van der Waals surface area (Å²) in [7, 11) is 0. The Kier molecular flexibility index (Phi) is 5.21. The molecule has 1 aliphatic carbocycles. The lowest BCUT2D eigenvalue weighted by molar-refractivity contribution is -0.137. The predicted octanol–water partition coefficient (Wildman–Crippen LogP) is 1.33. The minimum atomic E-state index is -0.522. The maximum absolute atomic E-state index is 12.8. The second-order valence-electron chi connectivity index (χ2n) is 9.50. The van der Waals surface area contributed by atoms with Crippen molar-refractivity contribution in [2.45, 2.75) is 70.8 Å². The minimum absolute atomic E-state index is 0.0504. The van der Waals surface area contributed by atoms with Gasteiger partial charge in [0.15, 0.2) is 0 Å². The molecule has 0 bridgehead atoms. The molecule has 28 heavy (non-hydrogen) atoms. The van der Waals surface area contributed by atoms with Crippen LogP contribution in [0.4, 0.5) is 0 Å². The van der Waals surface area contributed by atoms with Crippen LogP contribution >= 0.6 is 0 Å². The van der Waals surface area contributed by atoms with Crippen molar-refractivity contribution in [1.29, 1.82) is 0 Å². The normalized spacial score (nSPS) is 23.8. The number of aromatic amines is 1. The molecule has 4 rings (SSSR count). The number of hydrogen-bond donors (Lipinski definition) is 3. The Bertz CT molecular complexity index is 746. The molecular weight excluding hydrogens is 354 g/mol. The number of fused-ring (bicyclic) bond motifs is 1. The van der Waals surface area contributed by atoms with Crippen molar-refractivity contribution in [1.82, 2.24) is 25.7 Å². The lowest BCUT2D eigenvalue weighted by Crippen LogP contribution is -2.61. The number of aryl methyl sites for hydroxylation is 2. The van der Waals surface area contributed by atoms with E-state index in [2.05, 4.69) is 34.7 Å². The van der Waals surface area contributed by atoms with Crippen molar-refractivity contribution in [2.24, 2.45) is 5.41 Å². The van der Waals surface area contributed by atoms with Crippen molar-refractivity contribution in [2.75, 3.05) is 26.2 Å². The predicted molar refractivity (Wildman–Crippen MR) is 107 cm³/mol. The average Bonchev–Trinajstić information content (AvgIpc) is 3.08. The van der Waals surface area contributed by atoms with Gasteiger partial charge in [-0.2, -0.15) is 5.10 Å². The summed E-state index contributed by atoms with van der Waals surface area (Å²) in [5.41, 5.74) is 3.21. The molecule has 2 fully saturated rings. The molecular formula is C21H33N5O2. The van der Waals surface area contributed by atoms with Gasteiger partial charge in [-0.15, -0.1) is 0 Å². The van der Waals surface area contributed by atoms with E-state index in [-0.39, 0.29) is 17.2 Å². The highest BCUT2D eigenvalue weighted by Gasteiger charge is 2.44. The minimum Gasteiger partial charge on any atom is -0.354 e. The quantitative estimate of drug-likeness (QED) is 0.730. The molecule has 3 heterocycles. The molecule has 2 aliphatic heterocycles. The van der Waals surface area contributed by atoms with Crippen LogP contribution in [0.5, 0.6) is 0 Å². The van der Waals surface area contributed by atoms with E-state index < -0.39 is 5.54 Å². The third-order valence-corrected chi connectivity index (χ3v) is 6.75. The molecule has 1 spiro atoms. The summed E-state index contributed by atoms with van der Waals surface area (Å²) < 4.78 is 0. The van der Waals surface area contributed by atoms with Crippen LogP contribution in [0.15, 0.2) is 0 Å². The van der Waals surface area contributed by atoms with Crippen LogP contribution in [0.1, 0.15) is 62.9 Å². The smallest absolute Gasteiger partial charge is 0.240 e. The number of amides is 2. The van der Waals surface area contributed by atoms with Gasteiger partial charge >= 0.3 is 0 Å². The fraction of sp³-hybridized carbons (Fsp3) is 0.762. The molecule has 0 aromatic carbocycles. The van der Waals surface area contributed by atoms with Gasteiger partial charge in [-0.1, -0.05) is 13.8 Å². The van der Waals surface area contributed by atoms with Gasteiger partial charge in [-0.05, 0) is 49.5 Å². The van der Waals surface area contributed by atoms with E-state index in [1.807, 2.05) is 4.90 Å². The average molecular weight is 388 g/mol. The van der Waals surface area contributed by atoms with E-state index in [1.54, 1.807) is 0 Å². The highest BCUT2D eigenvalue weighted by molar-refractivity contribution is 5.87. The van der Waals surface area contributed by atoms with Crippen LogP contribution in [0.2, 0.25) is 0 Å². The van der Waals surface area contributed by atoms with E-state index in [9.17, 15) is 9.59 Å². The molecule has 154 valence electrons. The summed E-state index contributed by atoms with van der Waals surface area (Å²) in [6.45, 7) is 7.09. The van der Waals surface area contributed by atoms with Gasteiger partial charge in [0.05, 0.1) is 5.69 Å². The lowest BCUT2D eigenvalue weighted by Gasteiger charge is -2.40. The van der Waals surface area contributed by atoms with Crippen LogP contribution in [0.3, 0.4) is 0 Å². The number of carbonyl (C=O) groups excluding carboxylic acids is 2. The van der Waals surface area contributed by atoms with Gasteiger partial charge in [-0.25, -0.2) is 0 Å². The van der Waals surface area contributed by atoms with Gasteiger partial charge in [0, 0.05) is 44.7 Å². The first kappa shape index (κ1) is 19.4. The monoisotopic (exact) mass is 387 g/mol. The molecule has 3 N–H and O–H groups in total. The summed E-state index contributed by atoms with van der Waals surface area (Å²) in [5.74, 6) is 0.269. The molecule has 0 radical (unpaired) electrons. The van der Waals surface area contributed by atoms with Gasteiger partial charge in [0.1, 0.15) is 5.54 Å². The molecule has 0 atom stereocenters. The van der Waals surface area contributed by atoms with Crippen molar-refractivity contribution in [3.05, 3.63) is 17.0 Å². The summed E-state index contributed by atoms with van der Waals surface area (Å²) in [6.07, 6.45) is 7.16. The number of nitrogens with zero attached hydrogens (tertiary/aromatic N) is 2. The number of H-pyrrole nitrogens is 1. The van der Waals surface area contributed by atoms with E-state index >= 15 is 0 Å². The van der Waals surface area contributed by atoms with Crippen molar-refractivity contribution in [3.8, 4) is 0 Å². The zero-order chi connectivity index (χ0) is 19.8. The summed E-state index contributed by atoms with van der Waals surface area (Å²) in [4.78, 5) is 27.4. The second kappa shape index (κ2) is 7.50. The number of piperidine rings is 1. The van der Waals surface area contributed by atoms with Crippen LogP contribution < -0.4 is 10.6 Å². The van der Waals surface area contributed by atoms with Crippen molar-refractivity contribution in [3.63, 3.8) is 0 Å². The number of hydrogen-bond acceptors (Lipinski definition) is 4. The van der Waals surface area contributed by atoms with Crippen LogP contribution in [0.25, 0.3) is 0 Å². The number of aromatic nitrogens is 2. The molecule has 0 saturated carbocycles. The highest BCUT2D eigenvalue weighted by Crippen LogP contribution is 2.28. The Labute approximate surface area is 167 Å². The summed E-state index contributed by atoms with van der Waals surface area (Å²) in [6, 6.07) is 0. The zero-order valence-electron chi connectivity index (χ0n) is 17.2. The SMILES string of the molecule is CC1(C)CNC(=O)C2(CCN(C(=O)CCc3n[nH]c4c3CCCC4)CC2)NC1. The molecule has 1 aromatic rings. The number of carbonyl (C=O) groups is 2. The maximum atomic E-state index is 12.8. The summed E-state index contributed by atoms with van der Waals surface area (Å²) in [5, 5.41) is 14.2. The van der Waals surface area contributed by atoms with Crippen molar-refractivity contribution >= 4 is 11.8 Å².